The lowest BCUT2D eigenvalue weighted by Crippen LogP contribution is -2.62. The predicted octanol–water partition coefficient (Wildman–Crippen LogP) is 2.18. The number of nitrogens with two attached hydrogens (primary N) is 1. The Balaban J connectivity index is 2.36. The van der Waals surface area contributed by atoms with Gasteiger partial charge in [0.15, 0.2) is 0 Å². The van der Waals surface area contributed by atoms with Crippen LogP contribution in [0.1, 0.15) is 32.4 Å². The van der Waals surface area contributed by atoms with Gasteiger partial charge in [0.2, 0.25) is 5.91 Å². The minimum absolute atomic E-state index is 0.0129. The molecule has 1 amide bonds. The number of hydrogen-bond donors (Lipinski definition) is 2. The second kappa shape index (κ2) is 5.13. The monoisotopic (exact) mass is 325 g/mol. The summed E-state index contributed by atoms with van der Waals surface area (Å²) in [5.74, 6) is 0.0612. The van der Waals surface area contributed by atoms with Crippen LogP contribution in [0.4, 0.5) is 5.69 Å². The summed E-state index contributed by atoms with van der Waals surface area (Å²) in [4.78, 5) is 14.1. The van der Waals surface area contributed by atoms with Crippen molar-refractivity contribution in [2.45, 2.75) is 32.4 Å². The molecule has 0 spiro atoms. The Morgan fingerprint density at radius 3 is 2.74 bits per heavy atom. The fourth-order valence-electron chi connectivity index (χ4n) is 2.40. The predicted molar refractivity (Wildman–Crippen MR) is 81.2 cm³/mol. The molecule has 1 unspecified atom stereocenters. The number of rotatable bonds is 2. The molecule has 1 aliphatic heterocycles. The molecule has 1 aromatic carbocycles. The third kappa shape index (κ3) is 2.62. The van der Waals surface area contributed by atoms with Crippen LogP contribution in [0.2, 0.25) is 0 Å². The van der Waals surface area contributed by atoms with Crippen molar-refractivity contribution in [3.63, 3.8) is 0 Å². The van der Waals surface area contributed by atoms with Gasteiger partial charge in [-0.3, -0.25) is 4.79 Å². The first-order chi connectivity index (χ1) is 8.84. The highest BCUT2D eigenvalue weighted by Crippen LogP contribution is 2.31. The number of carbonyl (C=O) groups is 1. The molecule has 2 rings (SSSR count). The number of carbonyl (C=O) groups excluding carboxylic acids is 1. The highest BCUT2D eigenvalue weighted by Gasteiger charge is 2.37. The lowest BCUT2D eigenvalue weighted by molar-refractivity contribution is -0.126. The molecule has 1 heterocycles. The van der Waals surface area contributed by atoms with E-state index in [2.05, 4.69) is 26.1 Å². The third-order valence-corrected chi connectivity index (χ3v) is 4.32. The number of amides is 1. The smallest absolute Gasteiger partial charge is 0.245 e. The van der Waals surface area contributed by atoms with Gasteiger partial charge in [-0.15, -0.1) is 0 Å². The topological polar surface area (TPSA) is 58.4 Å². The molecule has 1 aromatic rings. The second-order valence-corrected chi connectivity index (χ2v) is 6.32. The zero-order valence-electron chi connectivity index (χ0n) is 11.5. The molecule has 1 aliphatic rings. The largest absolute Gasteiger partial charge is 0.356 e. The summed E-state index contributed by atoms with van der Waals surface area (Å²) in [6.07, 6.45) is 0. The van der Waals surface area contributed by atoms with Gasteiger partial charge in [0.1, 0.15) is 5.54 Å². The molecule has 4 nitrogen and oxygen atoms in total. The van der Waals surface area contributed by atoms with E-state index in [1.807, 2.05) is 39.0 Å². The van der Waals surface area contributed by atoms with Crippen molar-refractivity contribution >= 4 is 27.5 Å². The quantitative estimate of drug-likeness (QED) is 0.876. The maximum Gasteiger partial charge on any atom is 0.245 e. The van der Waals surface area contributed by atoms with Gasteiger partial charge >= 0.3 is 0 Å². The standard InChI is InChI=1S/C14H20BrN3O/c1-9(16)11-5-4-10(8-12(11)15)18-7-6-17-13(19)14(18,2)3/h4-5,8-9H,6-7,16H2,1-3H3,(H,17,19). The van der Waals surface area contributed by atoms with Crippen LogP contribution in [0.5, 0.6) is 0 Å². The number of piperazine rings is 1. The van der Waals surface area contributed by atoms with E-state index < -0.39 is 5.54 Å². The highest BCUT2D eigenvalue weighted by molar-refractivity contribution is 9.10. The molecule has 1 fully saturated rings. The van der Waals surface area contributed by atoms with Crippen LogP contribution in [0, 0.1) is 0 Å². The van der Waals surface area contributed by atoms with Crippen molar-refractivity contribution in [2.75, 3.05) is 18.0 Å². The van der Waals surface area contributed by atoms with Gasteiger partial charge in [0, 0.05) is 29.3 Å². The number of benzene rings is 1. The summed E-state index contributed by atoms with van der Waals surface area (Å²) in [7, 11) is 0. The Morgan fingerprint density at radius 2 is 2.16 bits per heavy atom. The van der Waals surface area contributed by atoms with Crippen LogP contribution in [0.3, 0.4) is 0 Å². The fourth-order valence-corrected chi connectivity index (χ4v) is 3.13. The molecule has 104 valence electrons. The van der Waals surface area contributed by atoms with Gasteiger partial charge in [0.05, 0.1) is 0 Å². The fraction of sp³-hybridized carbons (Fsp3) is 0.500. The van der Waals surface area contributed by atoms with E-state index in [9.17, 15) is 4.79 Å². The van der Waals surface area contributed by atoms with Gasteiger partial charge in [-0.05, 0) is 38.5 Å². The van der Waals surface area contributed by atoms with Crippen LogP contribution < -0.4 is 16.0 Å². The van der Waals surface area contributed by atoms with E-state index >= 15 is 0 Å². The summed E-state index contributed by atoms with van der Waals surface area (Å²) in [6.45, 7) is 7.32. The lowest BCUT2D eigenvalue weighted by atomic mass is 9.97. The SMILES string of the molecule is CC(N)c1ccc(N2CCNC(=O)C2(C)C)cc1Br. The first-order valence-electron chi connectivity index (χ1n) is 6.45. The molecule has 0 radical (unpaired) electrons. The van der Waals surface area contributed by atoms with Crippen molar-refractivity contribution in [2.24, 2.45) is 5.73 Å². The van der Waals surface area contributed by atoms with Gasteiger partial charge in [-0.25, -0.2) is 0 Å². The molecule has 19 heavy (non-hydrogen) atoms. The maximum absolute atomic E-state index is 12.0. The third-order valence-electron chi connectivity index (χ3n) is 3.64. The van der Waals surface area contributed by atoms with Crippen LogP contribution in [-0.4, -0.2) is 24.5 Å². The van der Waals surface area contributed by atoms with Crippen LogP contribution >= 0.6 is 15.9 Å². The van der Waals surface area contributed by atoms with Gasteiger partial charge in [-0.2, -0.15) is 0 Å². The number of hydrogen-bond acceptors (Lipinski definition) is 3. The summed E-state index contributed by atoms with van der Waals surface area (Å²) in [5.41, 5.74) is 7.49. The number of anilines is 1. The zero-order valence-corrected chi connectivity index (χ0v) is 13.1. The van der Waals surface area contributed by atoms with Crippen LogP contribution in [0.25, 0.3) is 0 Å². The molecule has 1 saturated heterocycles. The van der Waals surface area contributed by atoms with E-state index in [1.165, 1.54) is 0 Å². The van der Waals surface area contributed by atoms with E-state index in [0.717, 1.165) is 22.3 Å². The Bertz CT molecular complexity index is 499. The molecular formula is C14H20BrN3O. The molecule has 0 aliphatic carbocycles. The minimum atomic E-state index is -0.534. The average molecular weight is 326 g/mol. The van der Waals surface area contributed by atoms with Gasteiger partial charge in [-0.1, -0.05) is 22.0 Å². The molecule has 0 bridgehead atoms. The van der Waals surface area contributed by atoms with Crippen molar-refractivity contribution in [3.8, 4) is 0 Å². The first-order valence-corrected chi connectivity index (χ1v) is 7.24. The van der Waals surface area contributed by atoms with Gasteiger partial charge < -0.3 is 16.0 Å². The van der Waals surface area contributed by atoms with E-state index in [4.69, 9.17) is 5.73 Å². The molecular weight excluding hydrogens is 306 g/mol. The zero-order chi connectivity index (χ0) is 14.2. The maximum atomic E-state index is 12.0. The highest BCUT2D eigenvalue weighted by atomic mass is 79.9. The Labute approximate surface area is 122 Å². The normalized spacial score (nSPS) is 20.1. The van der Waals surface area contributed by atoms with Crippen LogP contribution in [-0.2, 0) is 4.79 Å². The molecule has 3 N–H and O–H groups in total. The number of nitrogens with one attached hydrogen (secondary N) is 1. The molecule has 1 atom stereocenters. The molecule has 0 saturated carbocycles. The molecule has 0 aromatic heterocycles. The summed E-state index contributed by atoms with van der Waals surface area (Å²) < 4.78 is 0.988. The van der Waals surface area contributed by atoms with Crippen LogP contribution in [0.15, 0.2) is 22.7 Å². The second-order valence-electron chi connectivity index (χ2n) is 5.46. The van der Waals surface area contributed by atoms with Crippen molar-refractivity contribution in [1.82, 2.24) is 5.32 Å². The number of halogens is 1. The van der Waals surface area contributed by atoms with Gasteiger partial charge in [0.25, 0.3) is 0 Å². The van der Waals surface area contributed by atoms with E-state index in [-0.39, 0.29) is 11.9 Å². The van der Waals surface area contributed by atoms with Crippen molar-refractivity contribution < 1.29 is 4.79 Å². The molecule has 5 heteroatoms. The van der Waals surface area contributed by atoms with E-state index in [1.54, 1.807) is 0 Å². The van der Waals surface area contributed by atoms with E-state index in [0.29, 0.717) is 6.54 Å². The minimum Gasteiger partial charge on any atom is -0.356 e. The Morgan fingerprint density at radius 1 is 1.47 bits per heavy atom. The average Bonchev–Trinajstić information content (AvgIpc) is 2.32. The first kappa shape index (κ1) is 14.3. The summed E-state index contributed by atoms with van der Waals surface area (Å²) in [5, 5.41) is 2.90. The Hall–Kier alpha value is -1.07. The van der Waals surface area contributed by atoms with Crippen molar-refractivity contribution in [3.05, 3.63) is 28.2 Å². The summed E-state index contributed by atoms with van der Waals surface area (Å²) in [6, 6.07) is 6.08. The lowest BCUT2D eigenvalue weighted by Gasteiger charge is -2.43. The summed E-state index contributed by atoms with van der Waals surface area (Å²) >= 11 is 3.56. The number of nitrogens with zero attached hydrogens (tertiary/aromatic N) is 1. The van der Waals surface area contributed by atoms with Crippen molar-refractivity contribution in [1.29, 1.82) is 0 Å². The Kier molecular flexibility index (Phi) is 3.87.